The van der Waals surface area contributed by atoms with Gasteiger partial charge in [0.25, 0.3) is 0 Å². The summed E-state index contributed by atoms with van der Waals surface area (Å²) in [6.07, 6.45) is 1.38. The Morgan fingerprint density at radius 2 is 2.00 bits per heavy atom. The highest BCUT2D eigenvalue weighted by atomic mass is 32.2. The number of thiophene rings is 1. The Balaban J connectivity index is 2.50. The van der Waals surface area contributed by atoms with Crippen molar-refractivity contribution in [3.05, 3.63) is 17.0 Å². The fraction of sp³-hybridized carbons (Fsp3) is 0.583. The largest absolute Gasteiger partial charge is 0.356 e. The van der Waals surface area contributed by atoms with Gasteiger partial charge in [0, 0.05) is 24.9 Å². The molecule has 0 fully saturated rings. The predicted molar refractivity (Wildman–Crippen MR) is 80.4 cm³/mol. The lowest BCUT2D eigenvalue weighted by Crippen LogP contribution is -2.26. The molecule has 6 nitrogen and oxygen atoms in total. The summed E-state index contributed by atoms with van der Waals surface area (Å²) in [5.74, 6) is -0.0828. The summed E-state index contributed by atoms with van der Waals surface area (Å²) in [7, 11) is -1.58. The maximum atomic E-state index is 12.0. The van der Waals surface area contributed by atoms with E-state index in [-0.39, 0.29) is 5.91 Å². The number of hydrogen-bond acceptors (Lipinski definition) is 5. The van der Waals surface area contributed by atoms with Crippen LogP contribution in [0.25, 0.3) is 0 Å². The molecule has 0 bridgehead atoms. The van der Waals surface area contributed by atoms with E-state index in [0.29, 0.717) is 23.7 Å². The average molecular weight is 319 g/mol. The molecule has 1 rings (SSSR count). The molecule has 0 saturated heterocycles. The molecular weight excluding hydrogens is 298 g/mol. The number of carbonyl (C=O) groups excluding carboxylic acids is 1. The van der Waals surface area contributed by atoms with Gasteiger partial charge in [-0.3, -0.25) is 4.79 Å². The van der Waals surface area contributed by atoms with Crippen LogP contribution in [0.5, 0.6) is 0 Å². The molecule has 0 unspecified atom stereocenters. The van der Waals surface area contributed by atoms with E-state index < -0.39 is 10.0 Å². The highest BCUT2D eigenvalue weighted by Gasteiger charge is 2.15. The van der Waals surface area contributed by atoms with Crippen LogP contribution in [-0.2, 0) is 21.2 Å². The van der Waals surface area contributed by atoms with Crippen molar-refractivity contribution in [3.63, 3.8) is 0 Å². The summed E-state index contributed by atoms with van der Waals surface area (Å²) < 4.78 is 26.9. The Bertz CT molecular complexity index is 526. The number of rotatable bonds is 9. The average Bonchev–Trinajstić information content (AvgIpc) is 2.84. The molecule has 1 aromatic heterocycles. The molecule has 0 aromatic carbocycles. The van der Waals surface area contributed by atoms with Crippen LogP contribution >= 0.6 is 11.3 Å². The smallest absolute Gasteiger partial charge is 0.250 e. The Morgan fingerprint density at radius 1 is 1.25 bits per heavy atom. The SMILES string of the molecule is CNCCCNS(=O)(=O)c1ccc(CCNC(C)=O)s1. The fourth-order valence-corrected chi connectivity index (χ4v) is 4.02. The third-order valence-electron chi connectivity index (χ3n) is 2.54. The van der Waals surface area contributed by atoms with Crippen LogP contribution in [0.4, 0.5) is 0 Å². The van der Waals surface area contributed by atoms with Crippen LogP contribution in [0.1, 0.15) is 18.2 Å². The zero-order valence-electron chi connectivity index (χ0n) is 11.7. The van der Waals surface area contributed by atoms with E-state index >= 15 is 0 Å². The molecule has 1 aromatic rings. The van der Waals surface area contributed by atoms with Crippen LogP contribution in [0.15, 0.2) is 16.3 Å². The Hall–Kier alpha value is -0.960. The van der Waals surface area contributed by atoms with E-state index in [2.05, 4.69) is 15.4 Å². The molecule has 0 spiro atoms. The van der Waals surface area contributed by atoms with Gasteiger partial charge in [-0.05, 0) is 38.6 Å². The quantitative estimate of drug-likeness (QED) is 0.572. The highest BCUT2D eigenvalue weighted by molar-refractivity contribution is 7.91. The second-order valence-electron chi connectivity index (χ2n) is 4.31. The molecule has 0 aliphatic carbocycles. The molecule has 3 N–H and O–H groups in total. The van der Waals surface area contributed by atoms with Crippen molar-refractivity contribution >= 4 is 27.3 Å². The van der Waals surface area contributed by atoms with Crippen molar-refractivity contribution in [2.75, 3.05) is 26.7 Å². The Kier molecular flexibility index (Phi) is 7.14. The highest BCUT2D eigenvalue weighted by Crippen LogP contribution is 2.21. The van der Waals surface area contributed by atoms with Gasteiger partial charge in [0.1, 0.15) is 4.21 Å². The van der Waals surface area contributed by atoms with Crippen LogP contribution in [0, 0.1) is 0 Å². The fourth-order valence-electron chi connectivity index (χ4n) is 1.54. The van der Waals surface area contributed by atoms with Gasteiger partial charge in [0.15, 0.2) is 0 Å². The molecule has 0 aliphatic rings. The molecule has 20 heavy (non-hydrogen) atoms. The van der Waals surface area contributed by atoms with Crippen molar-refractivity contribution < 1.29 is 13.2 Å². The minimum Gasteiger partial charge on any atom is -0.356 e. The summed E-state index contributed by atoms with van der Waals surface area (Å²) in [6, 6.07) is 3.39. The lowest BCUT2D eigenvalue weighted by Gasteiger charge is -2.04. The van der Waals surface area contributed by atoms with Gasteiger partial charge in [-0.25, -0.2) is 13.1 Å². The van der Waals surface area contributed by atoms with Crippen LogP contribution in [-0.4, -0.2) is 41.0 Å². The second kappa shape index (κ2) is 8.35. The molecule has 114 valence electrons. The molecule has 1 heterocycles. The number of nitrogens with one attached hydrogen (secondary N) is 3. The third-order valence-corrected chi connectivity index (χ3v) is 5.64. The standard InChI is InChI=1S/C12H21N3O3S2/c1-10(16)14-9-6-11-4-5-12(19-11)20(17,18)15-8-3-7-13-2/h4-5,13,15H,3,6-9H2,1-2H3,(H,14,16). The van der Waals surface area contributed by atoms with Crippen LogP contribution < -0.4 is 15.4 Å². The van der Waals surface area contributed by atoms with Gasteiger partial charge >= 0.3 is 0 Å². The maximum absolute atomic E-state index is 12.0. The van der Waals surface area contributed by atoms with Crippen molar-refractivity contribution in [2.45, 2.75) is 24.0 Å². The monoisotopic (exact) mass is 319 g/mol. The zero-order chi connectivity index (χ0) is 15.0. The van der Waals surface area contributed by atoms with Gasteiger partial charge in [-0.15, -0.1) is 11.3 Å². The molecule has 1 amide bonds. The Morgan fingerprint density at radius 3 is 2.65 bits per heavy atom. The van der Waals surface area contributed by atoms with E-state index in [9.17, 15) is 13.2 Å². The van der Waals surface area contributed by atoms with Crippen molar-refractivity contribution in [1.29, 1.82) is 0 Å². The van der Waals surface area contributed by atoms with Gasteiger partial charge in [-0.2, -0.15) is 0 Å². The lowest BCUT2D eigenvalue weighted by atomic mass is 10.3. The first-order valence-electron chi connectivity index (χ1n) is 6.43. The number of hydrogen-bond donors (Lipinski definition) is 3. The van der Waals surface area contributed by atoms with E-state index in [1.807, 2.05) is 7.05 Å². The Labute approximate surface area is 124 Å². The van der Waals surface area contributed by atoms with E-state index in [1.54, 1.807) is 12.1 Å². The molecular formula is C12H21N3O3S2. The molecule has 8 heteroatoms. The number of sulfonamides is 1. The lowest BCUT2D eigenvalue weighted by molar-refractivity contribution is -0.118. The predicted octanol–water partition coefficient (Wildman–Crippen LogP) is 0.315. The van der Waals surface area contributed by atoms with Gasteiger partial charge in [-0.1, -0.05) is 0 Å². The van der Waals surface area contributed by atoms with E-state index in [0.717, 1.165) is 17.8 Å². The van der Waals surface area contributed by atoms with Crippen LogP contribution in [0.3, 0.4) is 0 Å². The van der Waals surface area contributed by atoms with Gasteiger partial charge < -0.3 is 10.6 Å². The first-order chi connectivity index (χ1) is 9.45. The van der Waals surface area contributed by atoms with E-state index in [1.165, 1.54) is 18.3 Å². The molecule has 0 aliphatic heterocycles. The minimum absolute atomic E-state index is 0.0828. The normalized spacial score (nSPS) is 11.5. The van der Waals surface area contributed by atoms with Crippen molar-refractivity contribution in [3.8, 4) is 0 Å². The van der Waals surface area contributed by atoms with E-state index in [4.69, 9.17) is 0 Å². The summed E-state index contributed by atoms with van der Waals surface area (Å²) in [4.78, 5) is 11.7. The first-order valence-corrected chi connectivity index (χ1v) is 8.73. The van der Waals surface area contributed by atoms with Gasteiger partial charge in [0.2, 0.25) is 15.9 Å². The van der Waals surface area contributed by atoms with Crippen molar-refractivity contribution in [1.82, 2.24) is 15.4 Å². The summed E-state index contributed by atoms with van der Waals surface area (Å²) >= 11 is 1.24. The number of carbonyl (C=O) groups is 1. The maximum Gasteiger partial charge on any atom is 0.250 e. The second-order valence-corrected chi connectivity index (χ2v) is 7.47. The molecule has 0 saturated carbocycles. The van der Waals surface area contributed by atoms with Gasteiger partial charge in [0.05, 0.1) is 0 Å². The topological polar surface area (TPSA) is 87.3 Å². The third kappa shape index (κ3) is 6.00. The van der Waals surface area contributed by atoms with Crippen LogP contribution in [0.2, 0.25) is 0 Å². The summed E-state index contributed by atoms with van der Waals surface area (Å²) in [5, 5.41) is 5.65. The van der Waals surface area contributed by atoms with Crippen molar-refractivity contribution in [2.24, 2.45) is 0 Å². The summed E-state index contributed by atoms with van der Waals surface area (Å²) in [5.41, 5.74) is 0. The zero-order valence-corrected chi connectivity index (χ0v) is 13.4. The summed E-state index contributed by atoms with van der Waals surface area (Å²) in [6.45, 7) is 3.17. The number of amides is 1. The molecule has 0 atom stereocenters. The molecule has 0 radical (unpaired) electrons. The first kappa shape index (κ1) is 17.1. The minimum atomic E-state index is -3.41.